The van der Waals surface area contributed by atoms with Crippen LogP contribution in [0.4, 0.5) is 4.79 Å². The van der Waals surface area contributed by atoms with Crippen LogP contribution in [0.25, 0.3) is 0 Å². The topological polar surface area (TPSA) is 116 Å². The van der Waals surface area contributed by atoms with Crippen molar-refractivity contribution >= 4 is 22.1 Å². The molecule has 1 aromatic rings. The summed E-state index contributed by atoms with van der Waals surface area (Å²) in [6.45, 7) is 12.5. The lowest BCUT2D eigenvalue weighted by Crippen LogP contribution is -2.51. The van der Waals surface area contributed by atoms with Crippen LogP contribution in [-0.4, -0.2) is 94.0 Å². The number of sulfone groups is 1. The molecule has 1 fully saturated rings. The molecule has 0 aliphatic carbocycles. The number of carbonyl (C=O) groups excluding carboxylic acids is 1. The van der Waals surface area contributed by atoms with Crippen molar-refractivity contribution in [3.63, 3.8) is 0 Å². The van der Waals surface area contributed by atoms with Crippen molar-refractivity contribution in [2.75, 3.05) is 51.8 Å². The number of allylic oxidation sites excluding steroid dienone is 1. The Morgan fingerprint density at radius 1 is 1.24 bits per heavy atom. The quantitative estimate of drug-likeness (QED) is 0.341. The fourth-order valence-electron chi connectivity index (χ4n) is 5.68. The van der Waals surface area contributed by atoms with Gasteiger partial charge in [-0.1, -0.05) is 20.3 Å². The maximum Gasteiger partial charge on any atom is 0.407 e. The van der Waals surface area contributed by atoms with Crippen LogP contribution in [0.5, 0.6) is 11.5 Å². The summed E-state index contributed by atoms with van der Waals surface area (Å²) in [6.07, 6.45) is 5.74. The van der Waals surface area contributed by atoms with Crippen LogP contribution in [-0.2, 0) is 19.3 Å². The number of morpholine rings is 1. The highest BCUT2D eigenvalue weighted by atomic mass is 32.2. The maximum absolute atomic E-state index is 14.3. The summed E-state index contributed by atoms with van der Waals surface area (Å²) in [5.74, 6) is 0.826. The molecule has 3 aliphatic heterocycles. The van der Waals surface area contributed by atoms with Crippen molar-refractivity contribution in [2.24, 2.45) is 4.99 Å². The Hall–Kier alpha value is -2.63. The first-order valence-corrected chi connectivity index (χ1v) is 16.4. The van der Waals surface area contributed by atoms with E-state index in [1.807, 2.05) is 32.0 Å². The molecular weight excluding hydrogens is 546 g/mol. The van der Waals surface area contributed by atoms with Crippen molar-refractivity contribution in [1.29, 1.82) is 0 Å². The van der Waals surface area contributed by atoms with Gasteiger partial charge in [-0.2, -0.15) is 0 Å². The smallest absolute Gasteiger partial charge is 0.407 e. The van der Waals surface area contributed by atoms with Crippen molar-refractivity contribution in [1.82, 2.24) is 10.2 Å². The van der Waals surface area contributed by atoms with Gasteiger partial charge in [-0.15, -0.1) is 0 Å². The van der Waals surface area contributed by atoms with Gasteiger partial charge in [0, 0.05) is 43.9 Å². The molecule has 3 heterocycles. The van der Waals surface area contributed by atoms with E-state index in [4.69, 9.17) is 18.9 Å². The Labute approximate surface area is 244 Å². The predicted molar refractivity (Wildman–Crippen MR) is 159 cm³/mol. The number of fused-ring (bicyclic) bond motifs is 1. The number of alkyl carbamates (subject to hydrolysis) is 1. The van der Waals surface area contributed by atoms with Crippen LogP contribution in [0.3, 0.4) is 0 Å². The summed E-state index contributed by atoms with van der Waals surface area (Å²) in [6, 6.07) is 5.63. The zero-order valence-corrected chi connectivity index (χ0v) is 25.6. The van der Waals surface area contributed by atoms with Gasteiger partial charge < -0.3 is 24.3 Å². The summed E-state index contributed by atoms with van der Waals surface area (Å²) in [5.41, 5.74) is 0.249. The molecule has 1 amide bonds. The first kappa shape index (κ1) is 31.3. The monoisotopic (exact) mass is 591 g/mol. The van der Waals surface area contributed by atoms with Crippen molar-refractivity contribution in [3.05, 3.63) is 35.9 Å². The zero-order chi connectivity index (χ0) is 29.5. The number of hydrogen-bond donors (Lipinski definition) is 1. The van der Waals surface area contributed by atoms with E-state index in [2.05, 4.69) is 22.1 Å². The van der Waals surface area contributed by atoms with Gasteiger partial charge in [0.05, 0.1) is 25.6 Å². The fourth-order valence-corrected chi connectivity index (χ4v) is 7.90. The van der Waals surface area contributed by atoms with Crippen LogP contribution in [0, 0.1) is 0 Å². The van der Waals surface area contributed by atoms with Gasteiger partial charge in [0.15, 0.2) is 9.84 Å². The molecule has 228 valence electrons. The Balaban J connectivity index is 1.50. The molecule has 11 heteroatoms. The van der Waals surface area contributed by atoms with Crippen molar-refractivity contribution in [3.8, 4) is 11.5 Å². The lowest BCUT2D eigenvalue weighted by Gasteiger charge is -2.39. The molecule has 41 heavy (non-hydrogen) atoms. The minimum atomic E-state index is -3.95. The van der Waals surface area contributed by atoms with E-state index in [0.29, 0.717) is 50.8 Å². The Bertz CT molecular complexity index is 1200. The van der Waals surface area contributed by atoms with Crippen LogP contribution in [0.1, 0.15) is 64.9 Å². The minimum absolute atomic E-state index is 0.175. The van der Waals surface area contributed by atoms with E-state index < -0.39 is 32.5 Å². The second-order valence-corrected chi connectivity index (χ2v) is 13.7. The Morgan fingerprint density at radius 3 is 2.71 bits per heavy atom. The van der Waals surface area contributed by atoms with E-state index in [1.54, 1.807) is 19.1 Å². The van der Waals surface area contributed by atoms with Crippen LogP contribution in [0.2, 0.25) is 0 Å². The summed E-state index contributed by atoms with van der Waals surface area (Å²) < 4.78 is 51.8. The van der Waals surface area contributed by atoms with E-state index in [0.717, 1.165) is 31.5 Å². The van der Waals surface area contributed by atoms with Crippen LogP contribution < -0.4 is 14.8 Å². The fraction of sp³-hybridized carbons (Fsp3) is 0.667. The first-order chi connectivity index (χ1) is 19.6. The van der Waals surface area contributed by atoms with Gasteiger partial charge in [0.25, 0.3) is 0 Å². The summed E-state index contributed by atoms with van der Waals surface area (Å²) in [4.78, 5) is 17.7. The second-order valence-electron chi connectivity index (χ2n) is 11.5. The van der Waals surface area contributed by atoms with Gasteiger partial charge in [-0.25, -0.2) is 13.2 Å². The van der Waals surface area contributed by atoms with E-state index in [1.165, 1.54) is 6.21 Å². The van der Waals surface area contributed by atoms with Gasteiger partial charge in [-0.3, -0.25) is 9.89 Å². The number of benzene rings is 1. The normalized spacial score (nSPS) is 24.3. The standard InChI is InChI=1S/C30H45N3O7S/c1-5-7-17-38-24-9-10-26-25(20-24)23(21-29(3,4)40-26)22-41(35,36)30(11-8-12-32-30)27(6-2)39-28(34)31-13-14-33-15-18-37-19-16-33/h8-12,20,23,27H,5-7,13-19,21-22H2,1-4H3,(H,31,34). The molecule has 0 bridgehead atoms. The third-order valence-corrected chi connectivity index (χ3v) is 10.2. The number of nitrogens with one attached hydrogen (secondary N) is 1. The van der Waals surface area contributed by atoms with Crippen LogP contribution in [0.15, 0.2) is 35.3 Å². The number of rotatable bonds is 13. The average Bonchev–Trinajstić information content (AvgIpc) is 3.44. The Kier molecular flexibility index (Phi) is 10.4. The first-order valence-electron chi connectivity index (χ1n) is 14.7. The van der Waals surface area contributed by atoms with Crippen molar-refractivity contribution < 1.29 is 32.2 Å². The molecule has 0 radical (unpaired) electrons. The lowest BCUT2D eigenvalue weighted by atomic mass is 9.85. The molecule has 4 rings (SSSR count). The average molecular weight is 592 g/mol. The number of ether oxygens (including phenoxy) is 4. The van der Waals surface area contributed by atoms with Gasteiger partial charge >= 0.3 is 6.09 Å². The molecule has 10 nitrogen and oxygen atoms in total. The Morgan fingerprint density at radius 2 is 2.02 bits per heavy atom. The van der Waals surface area contributed by atoms with Gasteiger partial charge in [-0.05, 0) is 63.5 Å². The predicted octanol–water partition coefficient (Wildman–Crippen LogP) is 4.10. The number of unbranched alkanes of at least 4 members (excludes halogenated alkanes) is 1. The minimum Gasteiger partial charge on any atom is -0.494 e. The molecule has 1 N–H and O–H groups in total. The highest BCUT2D eigenvalue weighted by molar-refractivity contribution is 7.93. The molecule has 0 saturated carbocycles. The SMILES string of the molecule is CCCCOc1ccc2c(c1)C(CS(=O)(=O)C1(C(CC)OC(=O)NCCN3CCOCC3)C=CC=N1)CC(C)(C)O2. The molecule has 3 atom stereocenters. The molecule has 3 aliphatic rings. The van der Waals surface area contributed by atoms with Crippen molar-refractivity contribution in [2.45, 2.75) is 75.9 Å². The molecule has 1 saturated heterocycles. The molecule has 0 spiro atoms. The van der Waals surface area contributed by atoms with Gasteiger partial charge in [0.1, 0.15) is 23.2 Å². The number of aliphatic imine (C=N–C) groups is 1. The third kappa shape index (κ3) is 7.61. The number of amides is 1. The van der Waals surface area contributed by atoms with E-state index in [-0.39, 0.29) is 18.1 Å². The highest BCUT2D eigenvalue weighted by Gasteiger charge is 2.52. The number of hydrogen-bond acceptors (Lipinski definition) is 9. The third-order valence-electron chi connectivity index (χ3n) is 7.81. The summed E-state index contributed by atoms with van der Waals surface area (Å²) >= 11 is 0. The van der Waals surface area contributed by atoms with Crippen LogP contribution >= 0.6 is 0 Å². The second kappa shape index (κ2) is 13.6. The summed E-state index contributed by atoms with van der Waals surface area (Å²) in [5, 5.41) is 2.77. The number of carbonyl (C=O) groups is 1. The lowest BCUT2D eigenvalue weighted by molar-refractivity contribution is 0.0374. The molecule has 3 unspecified atom stereocenters. The van der Waals surface area contributed by atoms with E-state index >= 15 is 0 Å². The maximum atomic E-state index is 14.3. The molecule has 0 aromatic heterocycles. The summed E-state index contributed by atoms with van der Waals surface area (Å²) in [7, 11) is -3.95. The van der Waals surface area contributed by atoms with E-state index in [9.17, 15) is 13.2 Å². The number of nitrogens with zero attached hydrogens (tertiary/aromatic N) is 2. The zero-order valence-electron chi connectivity index (χ0n) is 24.8. The van der Waals surface area contributed by atoms with Gasteiger partial charge in [0.2, 0.25) is 4.87 Å². The largest absolute Gasteiger partial charge is 0.494 e. The molecule has 1 aromatic carbocycles. The highest BCUT2D eigenvalue weighted by Crippen LogP contribution is 2.45. The molecular formula is C30H45N3O7S.